The number of halogens is 2. The summed E-state index contributed by atoms with van der Waals surface area (Å²) in [6, 6.07) is 5.86. The molecule has 0 aliphatic heterocycles. The summed E-state index contributed by atoms with van der Waals surface area (Å²) in [6.07, 6.45) is 0. The maximum absolute atomic E-state index is 6.26. The number of hydrogen-bond acceptors (Lipinski definition) is 3. The molecule has 0 aliphatic rings. The van der Waals surface area contributed by atoms with Crippen LogP contribution in [-0.4, -0.2) is 5.16 Å². The van der Waals surface area contributed by atoms with E-state index in [1.165, 1.54) is 0 Å². The molecule has 0 spiro atoms. The van der Waals surface area contributed by atoms with E-state index >= 15 is 0 Å². The molecule has 2 aromatic rings. The molecule has 1 aromatic carbocycles. The lowest BCUT2D eigenvalue weighted by Gasteiger charge is -2.21. The zero-order valence-electron chi connectivity index (χ0n) is 12.0. The van der Waals surface area contributed by atoms with Crippen LogP contribution in [0.2, 0.25) is 10.0 Å². The van der Waals surface area contributed by atoms with Crippen LogP contribution in [0.15, 0.2) is 22.7 Å². The Balaban J connectivity index is 2.19. The second-order valence-corrected chi connectivity index (χ2v) is 5.78. The first-order valence-corrected chi connectivity index (χ1v) is 7.30. The molecule has 1 N–H and O–H groups in total. The number of rotatable bonds is 4. The van der Waals surface area contributed by atoms with E-state index < -0.39 is 0 Å². The van der Waals surface area contributed by atoms with Gasteiger partial charge in [0.2, 0.25) is 0 Å². The zero-order chi connectivity index (χ0) is 14.9. The van der Waals surface area contributed by atoms with Crippen molar-refractivity contribution in [3.05, 3.63) is 50.8 Å². The Bertz CT molecular complexity index is 590. The van der Waals surface area contributed by atoms with Gasteiger partial charge in [0.25, 0.3) is 0 Å². The lowest BCUT2D eigenvalue weighted by molar-refractivity contribution is 0.389. The Morgan fingerprint density at radius 3 is 2.45 bits per heavy atom. The van der Waals surface area contributed by atoms with E-state index in [0.717, 1.165) is 22.6 Å². The van der Waals surface area contributed by atoms with Crippen molar-refractivity contribution in [3.63, 3.8) is 0 Å². The Labute approximate surface area is 129 Å². The van der Waals surface area contributed by atoms with Crippen molar-refractivity contribution >= 4 is 23.2 Å². The predicted octanol–water partition coefficient (Wildman–Crippen LogP) is 5.01. The monoisotopic (exact) mass is 312 g/mol. The van der Waals surface area contributed by atoms with Gasteiger partial charge in [-0.15, -0.1) is 0 Å². The van der Waals surface area contributed by atoms with E-state index in [9.17, 15) is 0 Å². The van der Waals surface area contributed by atoms with E-state index in [2.05, 4.69) is 24.3 Å². The van der Waals surface area contributed by atoms with Crippen LogP contribution in [0.4, 0.5) is 0 Å². The van der Waals surface area contributed by atoms with E-state index in [1.807, 2.05) is 26.0 Å². The molecule has 2 atom stereocenters. The minimum atomic E-state index is 0.0740. The van der Waals surface area contributed by atoms with Crippen molar-refractivity contribution in [2.75, 3.05) is 0 Å². The summed E-state index contributed by atoms with van der Waals surface area (Å²) in [4.78, 5) is 0. The number of nitrogens with zero attached hydrogens (tertiary/aromatic N) is 1. The van der Waals surface area contributed by atoms with Crippen LogP contribution in [0, 0.1) is 13.8 Å². The second kappa shape index (κ2) is 6.17. The van der Waals surface area contributed by atoms with Gasteiger partial charge >= 0.3 is 0 Å². The summed E-state index contributed by atoms with van der Waals surface area (Å²) < 4.78 is 5.21. The van der Waals surface area contributed by atoms with Crippen LogP contribution in [-0.2, 0) is 0 Å². The molecular formula is C15H18Cl2N2O. The maximum Gasteiger partial charge on any atom is 0.138 e. The highest BCUT2D eigenvalue weighted by Crippen LogP contribution is 2.31. The number of benzene rings is 1. The van der Waals surface area contributed by atoms with Gasteiger partial charge in [0, 0.05) is 17.6 Å². The molecule has 0 radical (unpaired) electrons. The third kappa shape index (κ3) is 3.00. The van der Waals surface area contributed by atoms with Gasteiger partial charge in [-0.2, -0.15) is 0 Å². The fourth-order valence-corrected chi connectivity index (χ4v) is 2.98. The molecule has 1 aromatic heterocycles. The average molecular weight is 313 g/mol. The summed E-state index contributed by atoms with van der Waals surface area (Å²) in [5.41, 5.74) is 2.99. The van der Waals surface area contributed by atoms with Crippen LogP contribution in [0.3, 0.4) is 0 Å². The van der Waals surface area contributed by atoms with Gasteiger partial charge in [0.1, 0.15) is 5.76 Å². The molecule has 2 unspecified atom stereocenters. The van der Waals surface area contributed by atoms with Crippen LogP contribution >= 0.6 is 23.2 Å². The van der Waals surface area contributed by atoms with Crippen molar-refractivity contribution in [2.45, 2.75) is 39.8 Å². The molecular weight excluding hydrogens is 295 g/mol. The molecule has 0 fully saturated rings. The lowest BCUT2D eigenvalue weighted by Crippen LogP contribution is -2.23. The normalized spacial score (nSPS) is 14.3. The lowest BCUT2D eigenvalue weighted by atomic mass is 10.0. The Morgan fingerprint density at radius 2 is 1.85 bits per heavy atom. The van der Waals surface area contributed by atoms with Gasteiger partial charge in [-0.3, -0.25) is 0 Å². The average Bonchev–Trinajstić information content (AvgIpc) is 2.72. The summed E-state index contributed by atoms with van der Waals surface area (Å²) in [6.45, 7) is 8.01. The van der Waals surface area contributed by atoms with Crippen molar-refractivity contribution in [3.8, 4) is 0 Å². The molecule has 0 aliphatic carbocycles. The Kier molecular flexibility index (Phi) is 4.74. The largest absolute Gasteiger partial charge is 0.361 e. The fraction of sp³-hybridized carbons (Fsp3) is 0.400. The SMILES string of the molecule is Cc1noc(C)c1C(C)NC(C)c1cccc(Cl)c1Cl. The standard InChI is InChI=1S/C15H18Cl2N2O/c1-8(12-6-5-7-13(16)15(12)17)18-9(2)14-10(3)19-20-11(14)4/h5-9,18H,1-4H3. The molecule has 0 saturated carbocycles. The molecule has 108 valence electrons. The number of nitrogens with one attached hydrogen (secondary N) is 1. The predicted molar refractivity (Wildman–Crippen MR) is 82.4 cm³/mol. The summed E-state index contributed by atoms with van der Waals surface area (Å²) in [5.74, 6) is 0.840. The number of aryl methyl sites for hydroxylation is 2. The van der Waals surface area contributed by atoms with E-state index in [-0.39, 0.29) is 12.1 Å². The first kappa shape index (κ1) is 15.4. The van der Waals surface area contributed by atoms with Crippen LogP contribution in [0.25, 0.3) is 0 Å². The summed E-state index contributed by atoms with van der Waals surface area (Å²) in [7, 11) is 0. The van der Waals surface area contributed by atoms with Crippen molar-refractivity contribution in [1.29, 1.82) is 0 Å². The summed E-state index contributed by atoms with van der Waals surface area (Å²) in [5, 5.41) is 8.66. The number of hydrogen-bond donors (Lipinski definition) is 1. The molecule has 20 heavy (non-hydrogen) atoms. The van der Waals surface area contributed by atoms with Gasteiger partial charge in [-0.1, -0.05) is 40.5 Å². The van der Waals surface area contributed by atoms with Crippen molar-refractivity contribution in [2.24, 2.45) is 0 Å². The van der Waals surface area contributed by atoms with Crippen LogP contribution in [0.1, 0.15) is 48.5 Å². The van der Waals surface area contributed by atoms with Gasteiger partial charge in [-0.25, -0.2) is 0 Å². The molecule has 3 nitrogen and oxygen atoms in total. The molecule has 2 rings (SSSR count). The fourth-order valence-electron chi connectivity index (χ4n) is 2.51. The minimum Gasteiger partial charge on any atom is -0.361 e. The molecule has 0 saturated heterocycles. The van der Waals surface area contributed by atoms with E-state index in [1.54, 1.807) is 6.07 Å². The molecule has 0 bridgehead atoms. The zero-order valence-corrected chi connectivity index (χ0v) is 13.5. The topological polar surface area (TPSA) is 38.1 Å². The molecule has 1 heterocycles. The highest BCUT2D eigenvalue weighted by atomic mass is 35.5. The van der Waals surface area contributed by atoms with Gasteiger partial charge < -0.3 is 9.84 Å². The molecule has 5 heteroatoms. The second-order valence-electron chi connectivity index (χ2n) is 4.99. The smallest absolute Gasteiger partial charge is 0.138 e. The Hall–Kier alpha value is -1.03. The van der Waals surface area contributed by atoms with Crippen molar-refractivity contribution < 1.29 is 4.52 Å². The van der Waals surface area contributed by atoms with Crippen molar-refractivity contribution in [1.82, 2.24) is 10.5 Å². The van der Waals surface area contributed by atoms with Crippen LogP contribution in [0.5, 0.6) is 0 Å². The van der Waals surface area contributed by atoms with Gasteiger partial charge in [0.15, 0.2) is 0 Å². The third-order valence-corrected chi connectivity index (χ3v) is 4.30. The quantitative estimate of drug-likeness (QED) is 0.862. The third-order valence-electron chi connectivity index (χ3n) is 3.47. The van der Waals surface area contributed by atoms with Crippen LogP contribution < -0.4 is 5.32 Å². The highest BCUT2D eigenvalue weighted by Gasteiger charge is 2.20. The van der Waals surface area contributed by atoms with Gasteiger partial charge in [0.05, 0.1) is 15.7 Å². The highest BCUT2D eigenvalue weighted by molar-refractivity contribution is 6.42. The summed E-state index contributed by atoms with van der Waals surface area (Å²) >= 11 is 12.3. The van der Waals surface area contributed by atoms with E-state index in [0.29, 0.717) is 10.0 Å². The minimum absolute atomic E-state index is 0.0740. The maximum atomic E-state index is 6.26. The first-order valence-electron chi connectivity index (χ1n) is 6.54. The number of aromatic nitrogens is 1. The van der Waals surface area contributed by atoms with E-state index in [4.69, 9.17) is 27.7 Å². The molecule has 0 amide bonds. The Morgan fingerprint density at radius 1 is 1.15 bits per heavy atom. The van der Waals surface area contributed by atoms with Gasteiger partial charge in [-0.05, 0) is 39.3 Å². The first-order chi connectivity index (χ1) is 9.41.